The van der Waals surface area contributed by atoms with Crippen LogP contribution in [0.2, 0.25) is 0 Å². The van der Waals surface area contributed by atoms with Crippen molar-refractivity contribution in [3.63, 3.8) is 0 Å². The number of aromatic nitrogens is 6. The summed E-state index contributed by atoms with van der Waals surface area (Å²) in [6.45, 7) is 3.19. The van der Waals surface area contributed by atoms with E-state index in [0.29, 0.717) is 42.2 Å². The van der Waals surface area contributed by atoms with E-state index in [0.717, 1.165) is 30.2 Å². The summed E-state index contributed by atoms with van der Waals surface area (Å²) in [6.07, 6.45) is 6.73. The minimum atomic E-state index is -0.714. The van der Waals surface area contributed by atoms with Crippen molar-refractivity contribution >= 4 is 17.3 Å². The third-order valence-electron chi connectivity index (χ3n) is 7.43. The Balaban J connectivity index is 1.35. The summed E-state index contributed by atoms with van der Waals surface area (Å²) in [5.74, 6) is -1.18. The van der Waals surface area contributed by atoms with Crippen LogP contribution in [-0.4, -0.2) is 58.8 Å². The first-order valence-electron chi connectivity index (χ1n) is 13.5. The minimum Gasteiger partial charge on any atom is -0.343 e. The Morgan fingerprint density at radius 3 is 2.51 bits per heavy atom. The molecule has 1 aromatic carbocycles. The Hall–Kier alpha value is -4.80. The Kier molecular flexibility index (Phi) is 7.08. The number of Topliss-reactive ketones (excluding diaryl/α,β-unsaturated/α-hetero) is 1. The quantitative estimate of drug-likeness (QED) is 0.209. The first kappa shape index (κ1) is 26.4. The van der Waals surface area contributed by atoms with E-state index in [2.05, 4.69) is 14.5 Å². The van der Waals surface area contributed by atoms with Gasteiger partial charge in [-0.15, -0.1) is 0 Å². The van der Waals surface area contributed by atoms with Crippen molar-refractivity contribution in [3.8, 4) is 22.6 Å². The lowest BCUT2D eigenvalue weighted by atomic mass is 10.0. The zero-order chi connectivity index (χ0) is 28.5. The molecule has 1 aliphatic heterocycles. The Morgan fingerprint density at radius 1 is 1.00 bits per heavy atom. The van der Waals surface area contributed by atoms with Crippen LogP contribution in [0.15, 0.2) is 67.3 Å². The molecule has 41 heavy (non-hydrogen) atoms. The number of likely N-dealkylation sites (tertiary alicyclic amines) is 1. The summed E-state index contributed by atoms with van der Waals surface area (Å²) in [7, 11) is 0. The SMILES string of the molecule is CCC(=O)N1CCC(n2cnc(-c3ccc(F)cc3)c2-c2ccc3nc(CC(=O)c4ccnc(F)c4)cn3n2)CC1. The molecule has 5 heterocycles. The largest absolute Gasteiger partial charge is 0.343 e. The number of pyridine rings is 1. The van der Waals surface area contributed by atoms with E-state index in [-0.39, 0.29) is 35.5 Å². The number of benzene rings is 1. The monoisotopic (exact) mass is 555 g/mol. The van der Waals surface area contributed by atoms with Crippen LogP contribution < -0.4 is 0 Å². The van der Waals surface area contributed by atoms with Crippen LogP contribution in [0, 0.1) is 11.8 Å². The normalized spacial score (nSPS) is 14.1. The van der Waals surface area contributed by atoms with E-state index in [4.69, 9.17) is 10.1 Å². The van der Waals surface area contributed by atoms with Gasteiger partial charge in [0.25, 0.3) is 0 Å². The Labute approximate surface area is 234 Å². The highest BCUT2D eigenvalue weighted by Gasteiger charge is 2.27. The summed E-state index contributed by atoms with van der Waals surface area (Å²) < 4.78 is 30.9. The van der Waals surface area contributed by atoms with E-state index in [1.807, 2.05) is 24.0 Å². The van der Waals surface area contributed by atoms with Crippen molar-refractivity contribution in [1.29, 1.82) is 0 Å². The van der Waals surface area contributed by atoms with Gasteiger partial charge in [-0.05, 0) is 55.3 Å². The first-order valence-corrected chi connectivity index (χ1v) is 13.5. The predicted molar refractivity (Wildman–Crippen MR) is 147 cm³/mol. The maximum Gasteiger partial charge on any atom is 0.222 e. The average molecular weight is 556 g/mol. The van der Waals surface area contributed by atoms with Gasteiger partial charge >= 0.3 is 0 Å². The maximum absolute atomic E-state index is 13.7. The third kappa shape index (κ3) is 5.34. The number of nitrogens with zero attached hydrogens (tertiary/aromatic N) is 7. The smallest absolute Gasteiger partial charge is 0.222 e. The van der Waals surface area contributed by atoms with Gasteiger partial charge in [-0.1, -0.05) is 6.92 Å². The second kappa shape index (κ2) is 11.0. The summed E-state index contributed by atoms with van der Waals surface area (Å²) in [5, 5.41) is 4.82. The lowest BCUT2D eigenvalue weighted by molar-refractivity contribution is -0.132. The average Bonchev–Trinajstić information content (AvgIpc) is 3.61. The number of ketones is 1. The van der Waals surface area contributed by atoms with E-state index in [1.165, 1.54) is 24.4 Å². The number of amides is 1. The minimum absolute atomic E-state index is 0.0179. The van der Waals surface area contributed by atoms with Crippen molar-refractivity contribution in [1.82, 2.24) is 34.0 Å². The summed E-state index contributed by atoms with van der Waals surface area (Å²) in [4.78, 5) is 39.6. The molecule has 0 bridgehead atoms. The van der Waals surface area contributed by atoms with E-state index >= 15 is 0 Å². The van der Waals surface area contributed by atoms with Gasteiger partial charge in [0.15, 0.2) is 11.4 Å². The number of hydrogen-bond donors (Lipinski definition) is 0. The van der Waals surface area contributed by atoms with Gasteiger partial charge < -0.3 is 9.47 Å². The van der Waals surface area contributed by atoms with Crippen LogP contribution >= 0.6 is 0 Å². The molecular formula is C30H27F2N7O2. The molecule has 0 spiro atoms. The molecule has 9 nitrogen and oxygen atoms in total. The number of piperidine rings is 1. The molecule has 208 valence electrons. The van der Waals surface area contributed by atoms with Crippen molar-refractivity contribution in [2.45, 2.75) is 38.6 Å². The molecule has 1 saturated heterocycles. The maximum atomic E-state index is 13.7. The molecule has 1 aliphatic rings. The molecule has 1 fully saturated rings. The van der Waals surface area contributed by atoms with Gasteiger partial charge in [0, 0.05) is 48.9 Å². The number of carbonyl (C=O) groups is 2. The molecule has 0 N–H and O–H groups in total. The number of carbonyl (C=O) groups excluding carboxylic acids is 2. The van der Waals surface area contributed by atoms with Gasteiger partial charge in [0.1, 0.15) is 11.5 Å². The molecule has 4 aromatic heterocycles. The second-order valence-electron chi connectivity index (χ2n) is 10.0. The van der Waals surface area contributed by atoms with Crippen molar-refractivity contribution in [2.24, 2.45) is 0 Å². The first-order chi connectivity index (χ1) is 19.9. The van der Waals surface area contributed by atoms with Crippen LogP contribution in [0.5, 0.6) is 0 Å². The number of hydrogen-bond acceptors (Lipinski definition) is 6. The second-order valence-corrected chi connectivity index (χ2v) is 10.0. The summed E-state index contributed by atoms with van der Waals surface area (Å²) in [6, 6.07) is 12.5. The standard InChI is InChI=1S/C30H27F2N7O2/c1-2-28(41)37-13-10-23(11-14-37)38-18-34-29(19-3-5-21(31)6-4-19)30(38)24-7-8-27-35-22(17-39(27)36-24)16-25(40)20-9-12-33-26(32)15-20/h3-9,12,15,17-18,23H,2,10-11,13-14,16H2,1H3. The van der Waals surface area contributed by atoms with Gasteiger partial charge in [-0.3, -0.25) is 9.59 Å². The highest BCUT2D eigenvalue weighted by Crippen LogP contribution is 2.35. The highest BCUT2D eigenvalue weighted by molar-refractivity contribution is 5.97. The zero-order valence-corrected chi connectivity index (χ0v) is 22.4. The molecule has 0 saturated carbocycles. The number of fused-ring (bicyclic) bond motifs is 1. The van der Waals surface area contributed by atoms with E-state index < -0.39 is 5.95 Å². The van der Waals surface area contributed by atoms with Crippen LogP contribution in [0.3, 0.4) is 0 Å². The molecule has 11 heteroatoms. The Morgan fingerprint density at radius 2 is 1.78 bits per heavy atom. The van der Waals surface area contributed by atoms with Gasteiger partial charge in [0.2, 0.25) is 11.9 Å². The van der Waals surface area contributed by atoms with Crippen molar-refractivity contribution in [2.75, 3.05) is 13.1 Å². The molecule has 6 rings (SSSR count). The zero-order valence-electron chi connectivity index (χ0n) is 22.4. The molecule has 0 aliphatic carbocycles. The Bertz CT molecular complexity index is 1740. The topological polar surface area (TPSA) is 98.3 Å². The fourth-order valence-corrected chi connectivity index (χ4v) is 5.31. The summed E-state index contributed by atoms with van der Waals surface area (Å²) >= 11 is 0. The lowest BCUT2D eigenvalue weighted by Crippen LogP contribution is -2.38. The third-order valence-corrected chi connectivity index (χ3v) is 7.43. The van der Waals surface area contributed by atoms with Crippen LogP contribution in [-0.2, 0) is 11.2 Å². The molecule has 1 amide bonds. The summed E-state index contributed by atoms with van der Waals surface area (Å²) in [5.41, 5.74) is 4.10. The molecule has 5 aromatic rings. The predicted octanol–water partition coefficient (Wildman–Crippen LogP) is 4.93. The molecule has 0 radical (unpaired) electrons. The number of halogens is 2. The molecule has 0 atom stereocenters. The van der Waals surface area contributed by atoms with E-state index in [9.17, 15) is 18.4 Å². The number of rotatable bonds is 7. The van der Waals surface area contributed by atoms with Gasteiger partial charge in [0.05, 0.1) is 36.0 Å². The van der Waals surface area contributed by atoms with Crippen LogP contribution in [0.25, 0.3) is 28.3 Å². The fourth-order valence-electron chi connectivity index (χ4n) is 5.31. The van der Waals surface area contributed by atoms with Crippen molar-refractivity contribution < 1.29 is 18.4 Å². The van der Waals surface area contributed by atoms with Crippen molar-refractivity contribution in [3.05, 3.63) is 90.3 Å². The molecule has 0 unspecified atom stereocenters. The van der Waals surface area contributed by atoms with Crippen LogP contribution in [0.1, 0.15) is 48.3 Å². The van der Waals surface area contributed by atoms with Crippen LogP contribution in [0.4, 0.5) is 8.78 Å². The number of imidazole rings is 2. The highest BCUT2D eigenvalue weighted by atomic mass is 19.1. The van der Waals surface area contributed by atoms with Gasteiger partial charge in [-0.25, -0.2) is 23.9 Å². The van der Waals surface area contributed by atoms with E-state index in [1.54, 1.807) is 29.2 Å². The molecular weight excluding hydrogens is 528 g/mol. The van der Waals surface area contributed by atoms with Gasteiger partial charge in [-0.2, -0.15) is 9.49 Å². The fraction of sp³-hybridized carbons (Fsp3) is 0.267. The lowest BCUT2D eigenvalue weighted by Gasteiger charge is -2.33.